The van der Waals surface area contributed by atoms with Crippen LogP contribution in [0.3, 0.4) is 0 Å². The van der Waals surface area contributed by atoms with E-state index in [1.54, 1.807) is 0 Å². The molecule has 1 fully saturated rings. The molecule has 1 aliphatic rings. The van der Waals surface area contributed by atoms with Crippen LogP contribution in [0.5, 0.6) is 0 Å². The van der Waals surface area contributed by atoms with E-state index in [0.29, 0.717) is 18.8 Å². The van der Waals surface area contributed by atoms with Crippen LogP contribution in [0.1, 0.15) is 19.4 Å². The first kappa shape index (κ1) is 18.2. The van der Waals surface area contributed by atoms with Crippen molar-refractivity contribution >= 4 is 39.8 Å². The molecule has 1 aromatic carbocycles. The Balaban J connectivity index is 1.51. The molecule has 1 saturated heterocycles. The molecule has 0 radical (unpaired) electrons. The minimum Gasteiger partial charge on any atom is -0.372 e. The van der Waals surface area contributed by atoms with Crippen LogP contribution >= 0.6 is 23.1 Å². The largest absolute Gasteiger partial charge is 0.372 e. The fraction of sp³-hybridized carbons (Fsp3) is 0.471. The molecule has 0 bridgehead atoms. The predicted octanol–water partition coefficient (Wildman–Crippen LogP) is 3.32. The summed E-state index contributed by atoms with van der Waals surface area (Å²) in [6.07, 6.45) is 0.175. The number of thioether (sulfide) groups is 1. The van der Waals surface area contributed by atoms with Crippen LogP contribution in [0.25, 0.3) is 0 Å². The van der Waals surface area contributed by atoms with Crippen LogP contribution in [0, 0.1) is 6.92 Å². The van der Waals surface area contributed by atoms with Crippen molar-refractivity contribution in [2.24, 2.45) is 0 Å². The minimum absolute atomic E-state index is 0.0875. The highest BCUT2D eigenvalue weighted by Gasteiger charge is 2.25. The van der Waals surface area contributed by atoms with Crippen LogP contribution in [-0.2, 0) is 9.53 Å². The summed E-state index contributed by atoms with van der Waals surface area (Å²) in [7, 11) is 0. The van der Waals surface area contributed by atoms with Crippen LogP contribution in [0.4, 0.5) is 10.8 Å². The van der Waals surface area contributed by atoms with E-state index in [-0.39, 0.29) is 18.1 Å². The van der Waals surface area contributed by atoms with Gasteiger partial charge in [-0.3, -0.25) is 4.79 Å². The van der Waals surface area contributed by atoms with Gasteiger partial charge in [-0.1, -0.05) is 40.8 Å². The number of carbonyl (C=O) groups excluding carboxylic acids is 1. The minimum atomic E-state index is 0.0875. The number of amides is 1. The average molecular weight is 379 g/mol. The third-order valence-corrected chi connectivity index (χ3v) is 5.76. The Morgan fingerprint density at radius 3 is 2.64 bits per heavy atom. The van der Waals surface area contributed by atoms with Crippen molar-refractivity contribution in [2.45, 2.75) is 37.3 Å². The molecular formula is C17H22N4O2S2. The summed E-state index contributed by atoms with van der Waals surface area (Å²) < 4.78 is 6.46. The fourth-order valence-electron chi connectivity index (χ4n) is 2.68. The normalized spacial score (nSPS) is 20.5. The summed E-state index contributed by atoms with van der Waals surface area (Å²) in [5, 5.41) is 12.3. The zero-order valence-corrected chi connectivity index (χ0v) is 16.2. The van der Waals surface area contributed by atoms with Gasteiger partial charge in [-0.2, -0.15) is 0 Å². The van der Waals surface area contributed by atoms with E-state index in [4.69, 9.17) is 4.74 Å². The van der Waals surface area contributed by atoms with E-state index in [2.05, 4.69) is 22.4 Å². The van der Waals surface area contributed by atoms with Crippen molar-refractivity contribution in [3.63, 3.8) is 0 Å². The molecule has 1 amide bonds. The first-order chi connectivity index (χ1) is 12.0. The number of rotatable bonds is 5. The maximum absolute atomic E-state index is 12.4. The number of ether oxygens (including phenoxy) is 1. The lowest BCUT2D eigenvalue weighted by atomic mass is 10.2. The summed E-state index contributed by atoms with van der Waals surface area (Å²) in [4.78, 5) is 14.3. The molecule has 0 aliphatic carbocycles. The number of morpholine rings is 1. The zero-order valence-electron chi connectivity index (χ0n) is 14.6. The quantitative estimate of drug-likeness (QED) is 0.805. The van der Waals surface area contributed by atoms with E-state index in [1.807, 2.05) is 43.0 Å². The highest BCUT2D eigenvalue weighted by molar-refractivity contribution is 8.01. The van der Waals surface area contributed by atoms with E-state index < -0.39 is 0 Å². The molecule has 1 aromatic heterocycles. The van der Waals surface area contributed by atoms with Crippen molar-refractivity contribution in [1.82, 2.24) is 15.1 Å². The Bertz CT molecular complexity index is 710. The van der Waals surface area contributed by atoms with Crippen molar-refractivity contribution in [2.75, 3.05) is 24.2 Å². The number of benzene rings is 1. The van der Waals surface area contributed by atoms with Crippen molar-refractivity contribution in [3.05, 3.63) is 29.8 Å². The SMILES string of the molecule is Cc1ccc(Nc2nnc(SCC(=O)N3C[C@H](C)O[C@@H](C)C3)s2)cc1. The predicted molar refractivity (Wildman–Crippen MR) is 102 cm³/mol. The van der Waals surface area contributed by atoms with Gasteiger partial charge < -0.3 is 15.0 Å². The highest BCUT2D eigenvalue weighted by atomic mass is 32.2. The zero-order chi connectivity index (χ0) is 17.8. The molecule has 0 saturated carbocycles. The topological polar surface area (TPSA) is 67.4 Å². The number of carbonyl (C=O) groups is 1. The fourth-order valence-corrected chi connectivity index (χ4v) is 4.35. The maximum atomic E-state index is 12.4. The molecule has 25 heavy (non-hydrogen) atoms. The van der Waals surface area contributed by atoms with E-state index in [9.17, 15) is 4.79 Å². The first-order valence-corrected chi connectivity index (χ1v) is 10.0. The summed E-state index contributed by atoms with van der Waals surface area (Å²) in [6, 6.07) is 8.10. The van der Waals surface area contributed by atoms with Crippen LogP contribution in [-0.4, -0.2) is 52.1 Å². The number of anilines is 2. The molecule has 2 aromatic rings. The standard InChI is InChI=1S/C17H22N4O2S2/c1-11-4-6-14(7-5-11)18-16-19-20-17(25-16)24-10-15(22)21-8-12(2)23-13(3)9-21/h4-7,12-13H,8-10H2,1-3H3,(H,18,19)/t12-,13-/m0/s1. The number of nitrogens with zero attached hydrogens (tertiary/aromatic N) is 3. The van der Waals surface area contributed by atoms with Gasteiger partial charge in [-0.05, 0) is 32.9 Å². The number of nitrogens with one attached hydrogen (secondary N) is 1. The molecule has 0 spiro atoms. The van der Waals surface area contributed by atoms with Crippen LogP contribution in [0.2, 0.25) is 0 Å². The lowest BCUT2D eigenvalue weighted by Gasteiger charge is -2.35. The van der Waals surface area contributed by atoms with Gasteiger partial charge in [0.25, 0.3) is 0 Å². The monoisotopic (exact) mass is 378 g/mol. The van der Waals surface area contributed by atoms with Gasteiger partial charge in [0, 0.05) is 18.8 Å². The van der Waals surface area contributed by atoms with Gasteiger partial charge >= 0.3 is 0 Å². The summed E-state index contributed by atoms with van der Waals surface area (Å²) >= 11 is 2.89. The number of hydrogen-bond acceptors (Lipinski definition) is 7. The molecule has 6 nitrogen and oxygen atoms in total. The third kappa shape index (κ3) is 5.17. The van der Waals surface area contributed by atoms with Crippen LogP contribution in [0.15, 0.2) is 28.6 Å². The second-order valence-corrected chi connectivity index (χ2v) is 8.41. The Labute approximate surface area is 156 Å². The first-order valence-electron chi connectivity index (χ1n) is 8.23. The Morgan fingerprint density at radius 2 is 1.96 bits per heavy atom. The summed E-state index contributed by atoms with van der Waals surface area (Å²) in [6.45, 7) is 7.35. The number of hydrogen-bond donors (Lipinski definition) is 1. The van der Waals surface area contributed by atoms with E-state index in [0.717, 1.165) is 15.2 Å². The average Bonchev–Trinajstić information content (AvgIpc) is 3.01. The summed E-state index contributed by atoms with van der Waals surface area (Å²) in [5.41, 5.74) is 2.19. The molecule has 2 heterocycles. The molecular weight excluding hydrogens is 356 g/mol. The Hall–Kier alpha value is -1.64. The van der Waals surface area contributed by atoms with Crippen molar-refractivity contribution < 1.29 is 9.53 Å². The second-order valence-electron chi connectivity index (χ2n) is 6.21. The lowest BCUT2D eigenvalue weighted by molar-refractivity contribution is -0.140. The molecule has 3 rings (SSSR count). The molecule has 1 N–H and O–H groups in total. The van der Waals surface area contributed by atoms with E-state index >= 15 is 0 Å². The maximum Gasteiger partial charge on any atom is 0.233 e. The lowest BCUT2D eigenvalue weighted by Crippen LogP contribution is -2.48. The molecule has 1 aliphatic heterocycles. The smallest absolute Gasteiger partial charge is 0.233 e. The molecule has 2 atom stereocenters. The van der Waals surface area contributed by atoms with Gasteiger partial charge in [-0.15, -0.1) is 10.2 Å². The van der Waals surface area contributed by atoms with Gasteiger partial charge in [0.1, 0.15) is 0 Å². The Morgan fingerprint density at radius 1 is 1.28 bits per heavy atom. The molecule has 0 unspecified atom stereocenters. The third-order valence-electron chi connectivity index (χ3n) is 3.80. The highest BCUT2D eigenvalue weighted by Crippen LogP contribution is 2.28. The summed E-state index contributed by atoms with van der Waals surface area (Å²) in [5.74, 6) is 0.494. The van der Waals surface area contributed by atoms with Gasteiger partial charge in [0.2, 0.25) is 11.0 Å². The molecule has 134 valence electrons. The Kier molecular flexibility index (Phi) is 5.93. The second kappa shape index (κ2) is 8.16. The number of aryl methyl sites for hydroxylation is 1. The van der Waals surface area contributed by atoms with E-state index in [1.165, 1.54) is 28.7 Å². The van der Waals surface area contributed by atoms with Gasteiger partial charge in [-0.25, -0.2) is 0 Å². The van der Waals surface area contributed by atoms with Crippen molar-refractivity contribution in [1.29, 1.82) is 0 Å². The van der Waals surface area contributed by atoms with Gasteiger partial charge in [0.15, 0.2) is 4.34 Å². The molecule has 8 heteroatoms. The van der Waals surface area contributed by atoms with Crippen LogP contribution < -0.4 is 5.32 Å². The van der Waals surface area contributed by atoms with Gasteiger partial charge in [0.05, 0.1) is 18.0 Å². The number of aromatic nitrogens is 2. The van der Waals surface area contributed by atoms with Crippen molar-refractivity contribution in [3.8, 4) is 0 Å².